The van der Waals surface area contributed by atoms with Crippen LogP contribution in [0.25, 0.3) is 0 Å². The quantitative estimate of drug-likeness (QED) is 0.901. The molecule has 4 heteroatoms. The van der Waals surface area contributed by atoms with Crippen LogP contribution in [0.15, 0.2) is 23.0 Å². The third-order valence-electron chi connectivity index (χ3n) is 4.75. The number of amides is 1. The fourth-order valence-electron chi connectivity index (χ4n) is 3.78. The van der Waals surface area contributed by atoms with Crippen molar-refractivity contribution in [2.24, 2.45) is 5.92 Å². The van der Waals surface area contributed by atoms with E-state index < -0.39 is 0 Å². The third kappa shape index (κ3) is 2.65. The van der Waals surface area contributed by atoms with E-state index in [0.717, 1.165) is 19.4 Å². The van der Waals surface area contributed by atoms with E-state index in [4.69, 9.17) is 0 Å². The summed E-state index contributed by atoms with van der Waals surface area (Å²) >= 11 is 0. The lowest BCUT2D eigenvalue weighted by Gasteiger charge is -2.34. The number of likely N-dealkylation sites (tertiary alicyclic amines) is 1. The van der Waals surface area contributed by atoms with Gasteiger partial charge in [0.15, 0.2) is 0 Å². The molecule has 1 amide bonds. The molecule has 0 bridgehead atoms. The van der Waals surface area contributed by atoms with Gasteiger partial charge in [0.25, 0.3) is 5.91 Å². The summed E-state index contributed by atoms with van der Waals surface area (Å²) in [4.78, 5) is 28.6. The maximum atomic E-state index is 12.6. The Morgan fingerprint density at radius 1 is 1.10 bits per heavy atom. The molecule has 1 saturated carbocycles. The monoisotopic (exact) mass is 274 g/mol. The van der Waals surface area contributed by atoms with Crippen LogP contribution >= 0.6 is 0 Å². The molecule has 0 radical (unpaired) electrons. The van der Waals surface area contributed by atoms with Gasteiger partial charge in [-0.3, -0.25) is 9.59 Å². The molecular weight excluding hydrogens is 252 g/mol. The number of pyridine rings is 1. The van der Waals surface area contributed by atoms with Gasteiger partial charge in [-0.2, -0.15) is 0 Å². The van der Waals surface area contributed by atoms with Gasteiger partial charge >= 0.3 is 0 Å². The number of aromatic nitrogens is 1. The molecule has 1 N–H and O–H groups in total. The summed E-state index contributed by atoms with van der Waals surface area (Å²) in [5, 5.41) is 0. The van der Waals surface area contributed by atoms with Crippen LogP contribution in [0.4, 0.5) is 0 Å². The SMILES string of the molecule is O=C(c1cccc(=O)[nH]1)N1CCCC1C1CCCCC1. The van der Waals surface area contributed by atoms with Gasteiger partial charge in [-0.05, 0) is 37.7 Å². The smallest absolute Gasteiger partial charge is 0.270 e. The zero-order chi connectivity index (χ0) is 13.9. The fourth-order valence-corrected chi connectivity index (χ4v) is 3.78. The van der Waals surface area contributed by atoms with Crippen molar-refractivity contribution in [1.82, 2.24) is 9.88 Å². The van der Waals surface area contributed by atoms with Crippen molar-refractivity contribution in [1.29, 1.82) is 0 Å². The van der Waals surface area contributed by atoms with Gasteiger partial charge in [-0.25, -0.2) is 0 Å². The van der Waals surface area contributed by atoms with E-state index in [1.807, 2.05) is 4.90 Å². The van der Waals surface area contributed by atoms with Gasteiger partial charge in [0.2, 0.25) is 5.56 Å². The van der Waals surface area contributed by atoms with E-state index in [2.05, 4.69) is 4.98 Å². The van der Waals surface area contributed by atoms with Crippen LogP contribution in [0.5, 0.6) is 0 Å². The molecular formula is C16H22N2O2. The van der Waals surface area contributed by atoms with E-state index >= 15 is 0 Å². The third-order valence-corrected chi connectivity index (χ3v) is 4.75. The largest absolute Gasteiger partial charge is 0.334 e. The van der Waals surface area contributed by atoms with E-state index in [1.165, 1.54) is 38.2 Å². The fraction of sp³-hybridized carbons (Fsp3) is 0.625. The normalized spacial score (nSPS) is 24.0. The minimum atomic E-state index is -0.204. The zero-order valence-electron chi connectivity index (χ0n) is 11.8. The van der Waals surface area contributed by atoms with Crippen LogP contribution < -0.4 is 5.56 Å². The molecule has 2 fully saturated rings. The Balaban J connectivity index is 1.77. The molecule has 4 nitrogen and oxygen atoms in total. The van der Waals surface area contributed by atoms with Gasteiger partial charge in [0.1, 0.15) is 5.69 Å². The van der Waals surface area contributed by atoms with Crippen molar-refractivity contribution in [2.45, 2.75) is 51.0 Å². The molecule has 1 unspecified atom stereocenters. The first kappa shape index (κ1) is 13.4. The molecule has 3 rings (SSSR count). The Morgan fingerprint density at radius 2 is 1.90 bits per heavy atom. The summed E-state index contributed by atoms with van der Waals surface area (Å²) in [5.74, 6) is 0.654. The Hall–Kier alpha value is -1.58. The maximum absolute atomic E-state index is 12.6. The molecule has 0 spiro atoms. The second-order valence-corrected chi connectivity index (χ2v) is 6.03. The van der Waals surface area contributed by atoms with E-state index in [9.17, 15) is 9.59 Å². The Kier molecular flexibility index (Phi) is 3.90. The van der Waals surface area contributed by atoms with Gasteiger partial charge in [0, 0.05) is 18.7 Å². The highest BCUT2D eigenvalue weighted by Crippen LogP contribution is 2.34. The topological polar surface area (TPSA) is 53.2 Å². The summed E-state index contributed by atoms with van der Waals surface area (Å²) < 4.78 is 0. The zero-order valence-corrected chi connectivity index (χ0v) is 11.8. The molecule has 108 valence electrons. The maximum Gasteiger partial charge on any atom is 0.270 e. The van der Waals surface area contributed by atoms with Crippen molar-refractivity contribution < 1.29 is 4.79 Å². The molecule has 0 aromatic carbocycles. The highest BCUT2D eigenvalue weighted by Gasteiger charge is 2.35. The molecule has 1 aromatic rings. The summed E-state index contributed by atoms with van der Waals surface area (Å²) in [6.07, 6.45) is 8.64. The van der Waals surface area contributed by atoms with Gasteiger partial charge in [0.05, 0.1) is 0 Å². The van der Waals surface area contributed by atoms with Crippen LogP contribution in [-0.4, -0.2) is 28.4 Å². The molecule has 1 saturated heterocycles. The van der Waals surface area contributed by atoms with Crippen LogP contribution in [0.2, 0.25) is 0 Å². The summed E-state index contributed by atoms with van der Waals surface area (Å²) in [5.41, 5.74) is 0.226. The van der Waals surface area contributed by atoms with Crippen molar-refractivity contribution in [3.8, 4) is 0 Å². The van der Waals surface area contributed by atoms with Crippen molar-refractivity contribution in [2.75, 3.05) is 6.54 Å². The lowest BCUT2D eigenvalue weighted by atomic mass is 9.83. The number of aromatic amines is 1. The number of nitrogens with zero attached hydrogens (tertiary/aromatic N) is 1. The minimum Gasteiger partial charge on any atom is -0.334 e. The second-order valence-electron chi connectivity index (χ2n) is 6.03. The van der Waals surface area contributed by atoms with Gasteiger partial charge in [-0.1, -0.05) is 25.3 Å². The van der Waals surface area contributed by atoms with Crippen molar-refractivity contribution in [3.05, 3.63) is 34.2 Å². The van der Waals surface area contributed by atoms with Crippen molar-refractivity contribution in [3.63, 3.8) is 0 Å². The number of carbonyl (C=O) groups excluding carboxylic acids is 1. The first-order chi connectivity index (χ1) is 9.75. The first-order valence-electron chi connectivity index (χ1n) is 7.76. The summed E-state index contributed by atoms with van der Waals surface area (Å²) in [6.45, 7) is 0.830. The number of hydrogen-bond acceptors (Lipinski definition) is 2. The predicted octanol–water partition coefficient (Wildman–Crippen LogP) is 2.56. The van der Waals surface area contributed by atoms with E-state index in [1.54, 1.807) is 12.1 Å². The van der Waals surface area contributed by atoms with Gasteiger partial charge < -0.3 is 9.88 Å². The number of nitrogens with one attached hydrogen (secondary N) is 1. The Labute approximate surface area is 119 Å². The second kappa shape index (κ2) is 5.81. The molecule has 1 atom stereocenters. The van der Waals surface area contributed by atoms with E-state index in [0.29, 0.717) is 17.7 Å². The highest BCUT2D eigenvalue weighted by molar-refractivity contribution is 5.92. The standard InChI is InChI=1S/C16H22N2O2/c19-15-10-4-8-13(17-15)16(20)18-11-5-9-14(18)12-6-2-1-3-7-12/h4,8,10,12,14H,1-3,5-7,9,11H2,(H,17,19). The molecule has 2 heterocycles. The first-order valence-corrected chi connectivity index (χ1v) is 7.76. The van der Waals surface area contributed by atoms with Crippen molar-refractivity contribution >= 4 is 5.91 Å². The number of carbonyl (C=O) groups is 1. The van der Waals surface area contributed by atoms with Crippen LogP contribution in [0, 0.1) is 5.92 Å². The highest BCUT2D eigenvalue weighted by atomic mass is 16.2. The minimum absolute atomic E-state index is 0.00391. The van der Waals surface area contributed by atoms with Crippen LogP contribution in [0.3, 0.4) is 0 Å². The summed E-state index contributed by atoms with van der Waals surface area (Å²) in [7, 11) is 0. The number of rotatable bonds is 2. The lowest BCUT2D eigenvalue weighted by molar-refractivity contribution is 0.0655. The van der Waals surface area contributed by atoms with Crippen LogP contribution in [0.1, 0.15) is 55.4 Å². The average molecular weight is 274 g/mol. The Morgan fingerprint density at radius 3 is 2.65 bits per heavy atom. The molecule has 1 aliphatic carbocycles. The summed E-state index contributed by atoms with van der Waals surface area (Å²) in [6, 6.07) is 5.18. The Bertz CT molecular complexity index is 531. The number of hydrogen-bond donors (Lipinski definition) is 1. The average Bonchev–Trinajstić information content (AvgIpc) is 2.97. The molecule has 1 aromatic heterocycles. The molecule has 2 aliphatic rings. The van der Waals surface area contributed by atoms with Gasteiger partial charge in [-0.15, -0.1) is 0 Å². The van der Waals surface area contributed by atoms with Crippen LogP contribution in [-0.2, 0) is 0 Å². The molecule has 20 heavy (non-hydrogen) atoms. The number of H-pyrrole nitrogens is 1. The molecule has 1 aliphatic heterocycles. The van der Waals surface area contributed by atoms with E-state index in [-0.39, 0.29) is 11.5 Å². The predicted molar refractivity (Wildman–Crippen MR) is 77.7 cm³/mol. The lowest BCUT2D eigenvalue weighted by Crippen LogP contribution is -2.41.